The van der Waals surface area contributed by atoms with Crippen molar-refractivity contribution < 1.29 is 0 Å². The van der Waals surface area contributed by atoms with Crippen LogP contribution in [-0.2, 0) is 12.8 Å². The van der Waals surface area contributed by atoms with Crippen LogP contribution in [0.4, 0.5) is 0 Å². The van der Waals surface area contributed by atoms with Crippen molar-refractivity contribution in [3.63, 3.8) is 0 Å². The van der Waals surface area contributed by atoms with Crippen molar-refractivity contribution in [3.05, 3.63) is 70.8 Å². The monoisotopic (exact) mass is 281 g/mol. The highest BCUT2D eigenvalue weighted by atomic mass is 14.9. The summed E-state index contributed by atoms with van der Waals surface area (Å²) in [7, 11) is 0. The quantitative estimate of drug-likeness (QED) is 0.765. The lowest BCUT2D eigenvalue weighted by Crippen LogP contribution is -2.23. The summed E-state index contributed by atoms with van der Waals surface area (Å²) < 4.78 is 0. The average molecular weight is 281 g/mol. The number of aryl methyl sites for hydroxylation is 2. The second kappa shape index (κ2) is 7.99. The molecule has 0 amide bonds. The molecule has 0 saturated heterocycles. The zero-order chi connectivity index (χ0) is 15.1. The summed E-state index contributed by atoms with van der Waals surface area (Å²) in [4.78, 5) is 0. The molecule has 0 aromatic heterocycles. The molecular formula is C20H27N. The molecule has 112 valence electrons. The smallest absolute Gasteiger partial charge is 0.0360 e. The summed E-state index contributed by atoms with van der Waals surface area (Å²) in [6.07, 6.45) is 3.42. The van der Waals surface area contributed by atoms with Crippen LogP contribution in [0.2, 0.25) is 0 Å². The van der Waals surface area contributed by atoms with E-state index in [9.17, 15) is 0 Å². The zero-order valence-corrected chi connectivity index (χ0v) is 13.5. The fraction of sp³-hybridized carbons (Fsp3) is 0.400. The van der Waals surface area contributed by atoms with Gasteiger partial charge in [-0.25, -0.2) is 0 Å². The summed E-state index contributed by atoms with van der Waals surface area (Å²) in [6.45, 7) is 7.56. The first-order chi connectivity index (χ1) is 10.2. The van der Waals surface area contributed by atoms with Crippen LogP contribution < -0.4 is 5.32 Å². The van der Waals surface area contributed by atoms with Gasteiger partial charge in [0, 0.05) is 6.04 Å². The third kappa shape index (κ3) is 4.71. The number of likely N-dealkylation sites (N-methyl/N-ethyl adjacent to an activating group) is 1. The van der Waals surface area contributed by atoms with Gasteiger partial charge in [0.25, 0.3) is 0 Å². The third-order valence-electron chi connectivity index (χ3n) is 3.89. The molecule has 0 aliphatic rings. The average Bonchev–Trinajstić information content (AvgIpc) is 2.48. The minimum Gasteiger partial charge on any atom is -0.310 e. The molecule has 2 aromatic rings. The van der Waals surface area contributed by atoms with Crippen molar-refractivity contribution in [2.24, 2.45) is 0 Å². The van der Waals surface area contributed by atoms with Gasteiger partial charge in [-0.05, 0) is 43.0 Å². The van der Waals surface area contributed by atoms with E-state index in [-0.39, 0.29) is 0 Å². The molecule has 2 rings (SSSR count). The molecule has 1 heteroatoms. The van der Waals surface area contributed by atoms with E-state index in [2.05, 4.69) is 74.6 Å². The maximum Gasteiger partial charge on any atom is 0.0360 e. The molecule has 21 heavy (non-hydrogen) atoms. The largest absolute Gasteiger partial charge is 0.310 e. The lowest BCUT2D eigenvalue weighted by atomic mass is 9.96. The number of benzene rings is 2. The van der Waals surface area contributed by atoms with Gasteiger partial charge in [-0.2, -0.15) is 0 Å². The Kier molecular flexibility index (Phi) is 6.01. The second-order valence-corrected chi connectivity index (χ2v) is 5.80. The molecule has 0 bridgehead atoms. The predicted octanol–water partition coefficient (Wildman–Crippen LogP) is 4.84. The number of nitrogens with one attached hydrogen (secondary N) is 1. The van der Waals surface area contributed by atoms with E-state index in [0.717, 1.165) is 13.0 Å². The second-order valence-electron chi connectivity index (χ2n) is 5.80. The van der Waals surface area contributed by atoms with Gasteiger partial charge in [-0.15, -0.1) is 0 Å². The van der Waals surface area contributed by atoms with Gasteiger partial charge in [-0.1, -0.05) is 74.4 Å². The Bertz CT molecular complexity index is 542. The van der Waals surface area contributed by atoms with Crippen LogP contribution in [0.5, 0.6) is 0 Å². The van der Waals surface area contributed by atoms with Crippen LogP contribution in [0.3, 0.4) is 0 Å². The highest BCUT2D eigenvalue weighted by molar-refractivity contribution is 5.29. The Morgan fingerprint density at radius 2 is 1.71 bits per heavy atom. The maximum atomic E-state index is 3.62. The fourth-order valence-electron chi connectivity index (χ4n) is 2.83. The minimum absolute atomic E-state index is 0.396. The molecule has 0 saturated carbocycles. The van der Waals surface area contributed by atoms with Crippen LogP contribution >= 0.6 is 0 Å². The standard InChI is InChI=1S/C20H27N/c1-4-7-17-10-12-19(13-11-17)20(21-5-2)15-18-9-6-8-16(3)14-18/h6,8-14,20-21H,4-5,7,15H2,1-3H3. The van der Waals surface area contributed by atoms with Gasteiger partial charge in [0.15, 0.2) is 0 Å². The molecule has 0 radical (unpaired) electrons. The Labute approximate surface area is 129 Å². The summed E-state index contributed by atoms with van der Waals surface area (Å²) in [5.74, 6) is 0. The molecular weight excluding hydrogens is 254 g/mol. The summed E-state index contributed by atoms with van der Waals surface area (Å²) in [5, 5.41) is 3.62. The van der Waals surface area contributed by atoms with E-state index < -0.39 is 0 Å². The van der Waals surface area contributed by atoms with E-state index in [1.54, 1.807) is 0 Å². The van der Waals surface area contributed by atoms with Crippen molar-refractivity contribution in [3.8, 4) is 0 Å². The molecule has 1 unspecified atom stereocenters. The summed E-state index contributed by atoms with van der Waals surface area (Å²) in [5.41, 5.74) is 5.56. The lowest BCUT2D eigenvalue weighted by molar-refractivity contribution is 0.549. The van der Waals surface area contributed by atoms with E-state index in [1.807, 2.05) is 0 Å². The van der Waals surface area contributed by atoms with Crippen molar-refractivity contribution in [1.82, 2.24) is 5.32 Å². The van der Waals surface area contributed by atoms with Crippen molar-refractivity contribution in [1.29, 1.82) is 0 Å². The van der Waals surface area contributed by atoms with Crippen LogP contribution in [0.1, 0.15) is 48.6 Å². The number of rotatable bonds is 7. The molecule has 0 fully saturated rings. The van der Waals surface area contributed by atoms with Gasteiger partial charge in [0.2, 0.25) is 0 Å². The molecule has 1 N–H and O–H groups in total. The first kappa shape index (κ1) is 15.8. The normalized spacial score (nSPS) is 12.3. The van der Waals surface area contributed by atoms with Crippen molar-refractivity contribution in [2.45, 2.75) is 46.1 Å². The van der Waals surface area contributed by atoms with Crippen molar-refractivity contribution in [2.75, 3.05) is 6.54 Å². The van der Waals surface area contributed by atoms with E-state index in [4.69, 9.17) is 0 Å². The summed E-state index contributed by atoms with van der Waals surface area (Å²) >= 11 is 0. The Morgan fingerprint density at radius 3 is 2.33 bits per heavy atom. The fourth-order valence-corrected chi connectivity index (χ4v) is 2.83. The predicted molar refractivity (Wildman–Crippen MR) is 91.7 cm³/mol. The zero-order valence-electron chi connectivity index (χ0n) is 13.5. The molecule has 1 nitrogen and oxygen atoms in total. The molecule has 2 aromatic carbocycles. The lowest BCUT2D eigenvalue weighted by Gasteiger charge is -2.19. The molecule has 0 aliphatic heterocycles. The first-order valence-corrected chi connectivity index (χ1v) is 8.10. The van der Waals surface area contributed by atoms with Crippen molar-refractivity contribution >= 4 is 0 Å². The first-order valence-electron chi connectivity index (χ1n) is 8.10. The number of hydrogen-bond acceptors (Lipinski definition) is 1. The van der Waals surface area contributed by atoms with Gasteiger partial charge < -0.3 is 5.32 Å². The molecule has 0 heterocycles. The van der Waals surface area contributed by atoms with Gasteiger partial charge in [0.05, 0.1) is 0 Å². The van der Waals surface area contributed by atoms with E-state index >= 15 is 0 Å². The van der Waals surface area contributed by atoms with E-state index in [0.29, 0.717) is 6.04 Å². The van der Waals surface area contributed by atoms with Crippen LogP contribution in [0.25, 0.3) is 0 Å². The highest BCUT2D eigenvalue weighted by Gasteiger charge is 2.11. The summed E-state index contributed by atoms with van der Waals surface area (Å²) in [6, 6.07) is 18.3. The Balaban J connectivity index is 2.14. The highest BCUT2D eigenvalue weighted by Crippen LogP contribution is 2.20. The molecule has 0 aliphatic carbocycles. The van der Waals surface area contributed by atoms with Crippen LogP contribution in [-0.4, -0.2) is 6.54 Å². The SMILES string of the molecule is CCCc1ccc(C(Cc2cccc(C)c2)NCC)cc1. The van der Waals surface area contributed by atoms with Crippen LogP contribution in [0, 0.1) is 6.92 Å². The third-order valence-corrected chi connectivity index (χ3v) is 3.89. The Morgan fingerprint density at radius 1 is 0.952 bits per heavy atom. The molecule has 1 atom stereocenters. The maximum absolute atomic E-state index is 3.62. The minimum atomic E-state index is 0.396. The van der Waals surface area contributed by atoms with Gasteiger partial charge in [0.1, 0.15) is 0 Å². The number of hydrogen-bond donors (Lipinski definition) is 1. The topological polar surface area (TPSA) is 12.0 Å². The Hall–Kier alpha value is -1.60. The molecule has 0 spiro atoms. The van der Waals surface area contributed by atoms with Gasteiger partial charge in [-0.3, -0.25) is 0 Å². The van der Waals surface area contributed by atoms with E-state index in [1.165, 1.54) is 35.1 Å². The van der Waals surface area contributed by atoms with Gasteiger partial charge >= 0.3 is 0 Å². The van der Waals surface area contributed by atoms with Crippen LogP contribution in [0.15, 0.2) is 48.5 Å².